The summed E-state index contributed by atoms with van der Waals surface area (Å²) in [6, 6.07) is 20.2. The zero-order valence-corrected chi connectivity index (χ0v) is 18.4. The topological polar surface area (TPSA) is 83.2 Å². The van der Waals surface area contributed by atoms with Crippen LogP contribution in [0.2, 0.25) is 0 Å². The minimum absolute atomic E-state index is 0.120. The van der Waals surface area contributed by atoms with Crippen molar-refractivity contribution in [3.05, 3.63) is 89.7 Å². The van der Waals surface area contributed by atoms with E-state index in [1.165, 1.54) is 0 Å². The van der Waals surface area contributed by atoms with Crippen molar-refractivity contribution in [2.75, 3.05) is 5.32 Å². The summed E-state index contributed by atoms with van der Waals surface area (Å²) in [5.41, 5.74) is 1.76. The molecule has 0 bridgehead atoms. The van der Waals surface area contributed by atoms with Crippen LogP contribution < -0.4 is 10.6 Å². The van der Waals surface area contributed by atoms with E-state index in [1.54, 1.807) is 0 Å². The Bertz CT molecular complexity index is 1150. The van der Waals surface area contributed by atoms with Crippen molar-refractivity contribution in [3.63, 3.8) is 0 Å². The quantitative estimate of drug-likeness (QED) is 0.549. The first-order valence-corrected chi connectivity index (χ1v) is 10.9. The lowest BCUT2D eigenvalue weighted by molar-refractivity contribution is -0.157. The number of esters is 1. The second-order valence-corrected chi connectivity index (χ2v) is 9.49. The van der Waals surface area contributed by atoms with Gasteiger partial charge in [0.25, 0.3) is 0 Å². The van der Waals surface area contributed by atoms with Crippen LogP contribution in [0.4, 0.5) is 5.69 Å². The highest BCUT2D eigenvalue weighted by Crippen LogP contribution is 2.59. The van der Waals surface area contributed by atoms with Gasteiger partial charge in [0.05, 0.1) is 6.04 Å². The molecule has 2 aliphatic rings. The summed E-state index contributed by atoms with van der Waals surface area (Å²) >= 11 is 0. The lowest BCUT2D eigenvalue weighted by atomic mass is 9.64. The highest BCUT2D eigenvalue weighted by Gasteiger charge is 2.66. The summed E-state index contributed by atoms with van der Waals surface area (Å²) in [4.78, 5) is 30.6. The Morgan fingerprint density at radius 1 is 0.969 bits per heavy atom. The molecule has 1 spiro atoms. The summed E-state index contributed by atoms with van der Waals surface area (Å²) in [6.45, 7) is 5.56. The van der Waals surface area contributed by atoms with Gasteiger partial charge in [-0.2, -0.15) is 0 Å². The van der Waals surface area contributed by atoms with E-state index in [9.17, 15) is 9.59 Å². The molecule has 1 fully saturated rings. The average molecular weight is 430 g/mol. The number of hydrogen-bond donors (Lipinski definition) is 3. The van der Waals surface area contributed by atoms with Gasteiger partial charge in [0.2, 0.25) is 5.91 Å². The molecule has 4 atom stereocenters. The number of aromatic nitrogens is 1. The van der Waals surface area contributed by atoms with Gasteiger partial charge in [-0.1, -0.05) is 48.5 Å². The van der Waals surface area contributed by atoms with Crippen LogP contribution >= 0.6 is 0 Å². The zero-order valence-electron chi connectivity index (χ0n) is 18.4. The SMILES string of the molecule is CC(C)(C)OC(=O)[C@H]1N[C@H](c2ccc[nH]2)[C@@]2(C(=O)Nc3ccccc32)[C@@H]1c1ccccc1. The van der Waals surface area contributed by atoms with Crippen LogP contribution in [-0.4, -0.2) is 28.5 Å². The van der Waals surface area contributed by atoms with Crippen LogP contribution in [0.3, 0.4) is 0 Å². The molecule has 6 heteroatoms. The third-order valence-corrected chi connectivity index (χ3v) is 6.37. The molecule has 3 aromatic rings. The molecule has 2 aliphatic heterocycles. The lowest BCUT2D eigenvalue weighted by Gasteiger charge is -2.35. The first-order valence-electron chi connectivity index (χ1n) is 10.9. The molecular formula is C26H27N3O3. The fraction of sp³-hybridized carbons (Fsp3) is 0.308. The van der Waals surface area contributed by atoms with Crippen molar-refractivity contribution in [1.82, 2.24) is 10.3 Å². The van der Waals surface area contributed by atoms with Gasteiger partial charge in [-0.25, -0.2) is 0 Å². The molecule has 2 aromatic carbocycles. The zero-order chi connectivity index (χ0) is 22.5. The average Bonchev–Trinajstić information content (AvgIpc) is 3.46. The minimum atomic E-state index is -1.02. The number of benzene rings is 2. The molecule has 0 unspecified atom stereocenters. The van der Waals surface area contributed by atoms with Crippen LogP contribution in [0, 0.1) is 0 Å². The summed E-state index contributed by atoms with van der Waals surface area (Å²) in [6.07, 6.45) is 1.84. The monoisotopic (exact) mass is 429 g/mol. The molecule has 32 heavy (non-hydrogen) atoms. The third kappa shape index (κ3) is 3.06. The Hall–Kier alpha value is -3.38. The van der Waals surface area contributed by atoms with Crippen LogP contribution in [0.5, 0.6) is 0 Å². The van der Waals surface area contributed by atoms with Gasteiger partial charge >= 0.3 is 5.97 Å². The molecule has 0 radical (unpaired) electrons. The number of carbonyl (C=O) groups excluding carboxylic acids is 2. The van der Waals surface area contributed by atoms with Crippen molar-refractivity contribution in [2.24, 2.45) is 0 Å². The number of H-pyrrole nitrogens is 1. The van der Waals surface area contributed by atoms with Crippen molar-refractivity contribution >= 4 is 17.6 Å². The Labute approximate surface area is 187 Å². The fourth-order valence-electron chi connectivity index (χ4n) is 5.29. The number of carbonyl (C=O) groups is 2. The van der Waals surface area contributed by atoms with Gasteiger partial charge in [-0.15, -0.1) is 0 Å². The predicted molar refractivity (Wildman–Crippen MR) is 122 cm³/mol. The molecule has 6 nitrogen and oxygen atoms in total. The van der Waals surface area contributed by atoms with E-state index < -0.39 is 29.0 Å². The van der Waals surface area contributed by atoms with E-state index in [4.69, 9.17) is 4.74 Å². The molecule has 3 N–H and O–H groups in total. The number of anilines is 1. The lowest BCUT2D eigenvalue weighted by Crippen LogP contribution is -2.44. The minimum Gasteiger partial charge on any atom is -0.459 e. The van der Waals surface area contributed by atoms with Gasteiger partial charge in [-0.05, 0) is 50.1 Å². The maximum absolute atomic E-state index is 13.9. The first-order chi connectivity index (χ1) is 15.3. The smallest absolute Gasteiger partial charge is 0.324 e. The van der Waals surface area contributed by atoms with Gasteiger partial charge in [0.15, 0.2) is 0 Å². The second-order valence-electron chi connectivity index (χ2n) is 9.49. The Morgan fingerprint density at radius 3 is 2.38 bits per heavy atom. The fourth-order valence-corrected chi connectivity index (χ4v) is 5.29. The van der Waals surface area contributed by atoms with Crippen LogP contribution in [0.1, 0.15) is 49.6 Å². The van der Waals surface area contributed by atoms with Crippen LogP contribution in [-0.2, 0) is 19.7 Å². The summed E-state index contributed by atoms with van der Waals surface area (Å²) < 4.78 is 5.82. The van der Waals surface area contributed by atoms with Gasteiger partial charge in [0.1, 0.15) is 17.1 Å². The van der Waals surface area contributed by atoms with Gasteiger partial charge in [0, 0.05) is 23.5 Å². The predicted octanol–water partition coefficient (Wildman–Crippen LogP) is 4.04. The summed E-state index contributed by atoms with van der Waals surface area (Å²) in [7, 11) is 0. The molecule has 164 valence electrons. The second kappa shape index (κ2) is 7.35. The van der Waals surface area contributed by atoms with Crippen molar-refractivity contribution in [1.29, 1.82) is 0 Å². The molecule has 1 saturated heterocycles. The van der Waals surface area contributed by atoms with E-state index in [-0.39, 0.29) is 11.9 Å². The van der Waals surface area contributed by atoms with Crippen LogP contribution in [0.15, 0.2) is 72.9 Å². The van der Waals surface area contributed by atoms with Gasteiger partial charge < -0.3 is 15.0 Å². The van der Waals surface area contributed by atoms with E-state index in [0.29, 0.717) is 0 Å². The third-order valence-electron chi connectivity index (χ3n) is 6.37. The molecule has 1 aromatic heterocycles. The summed E-state index contributed by atoms with van der Waals surface area (Å²) in [5, 5.41) is 6.59. The van der Waals surface area contributed by atoms with Crippen molar-refractivity contribution in [2.45, 2.75) is 49.8 Å². The number of hydrogen-bond acceptors (Lipinski definition) is 4. The van der Waals surface area contributed by atoms with E-state index in [1.807, 2.05) is 93.7 Å². The van der Waals surface area contributed by atoms with Crippen LogP contribution in [0.25, 0.3) is 0 Å². The highest BCUT2D eigenvalue weighted by molar-refractivity contribution is 6.09. The Kier molecular flexibility index (Phi) is 4.71. The molecule has 5 rings (SSSR count). The van der Waals surface area contributed by atoms with Crippen molar-refractivity contribution < 1.29 is 14.3 Å². The number of aromatic amines is 1. The van der Waals surface area contributed by atoms with E-state index >= 15 is 0 Å². The Morgan fingerprint density at radius 2 is 1.69 bits per heavy atom. The largest absolute Gasteiger partial charge is 0.459 e. The molecule has 0 saturated carbocycles. The number of rotatable bonds is 3. The number of fused-ring (bicyclic) bond motifs is 2. The standard InChI is InChI=1S/C26H27N3O3/c1-25(2,3)32-23(30)21-20(16-10-5-4-6-11-16)26(22(29-21)19-14-9-15-27-19)17-12-7-8-13-18(17)28-24(26)31/h4-15,20-22,27,29H,1-3H3,(H,28,31)/t20-,21+,22-,26+/m1/s1. The van der Waals surface area contributed by atoms with E-state index in [2.05, 4.69) is 15.6 Å². The number of nitrogens with one attached hydrogen (secondary N) is 3. The summed E-state index contributed by atoms with van der Waals surface area (Å²) in [5.74, 6) is -0.946. The number of para-hydroxylation sites is 1. The Balaban J connectivity index is 1.76. The molecule has 3 heterocycles. The molecule has 1 amide bonds. The highest BCUT2D eigenvalue weighted by atomic mass is 16.6. The maximum atomic E-state index is 13.9. The normalized spacial score (nSPS) is 26.7. The maximum Gasteiger partial charge on any atom is 0.324 e. The van der Waals surface area contributed by atoms with Crippen molar-refractivity contribution in [3.8, 4) is 0 Å². The van der Waals surface area contributed by atoms with Gasteiger partial charge in [-0.3, -0.25) is 14.9 Å². The molecular weight excluding hydrogens is 402 g/mol. The first kappa shape index (κ1) is 20.5. The number of amides is 1. The molecule has 0 aliphatic carbocycles. The van der Waals surface area contributed by atoms with E-state index in [0.717, 1.165) is 22.5 Å². The number of ether oxygens (including phenoxy) is 1.